The summed E-state index contributed by atoms with van der Waals surface area (Å²) < 4.78 is 0. The quantitative estimate of drug-likeness (QED) is 0.404. The van der Waals surface area contributed by atoms with Crippen LogP contribution in [-0.2, 0) is 0 Å². The van der Waals surface area contributed by atoms with Gasteiger partial charge >= 0.3 is 0 Å². The molecule has 3 saturated carbocycles. The fraction of sp³-hybridized carbons (Fsp3) is 1.00. The van der Waals surface area contributed by atoms with Gasteiger partial charge in [-0.15, -0.1) is 0 Å². The largest absolute Gasteiger partial charge is 0.0651 e. The molecule has 0 aromatic rings. The summed E-state index contributed by atoms with van der Waals surface area (Å²) in [4.78, 5) is 0. The third kappa shape index (κ3) is 5.67. The van der Waals surface area contributed by atoms with Gasteiger partial charge in [0.1, 0.15) is 0 Å². The van der Waals surface area contributed by atoms with Gasteiger partial charge in [-0.1, -0.05) is 112 Å². The summed E-state index contributed by atoms with van der Waals surface area (Å²) in [5.41, 5.74) is 0. The molecule has 0 saturated heterocycles. The van der Waals surface area contributed by atoms with Crippen molar-refractivity contribution in [3.63, 3.8) is 0 Å². The van der Waals surface area contributed by atoms with E-state index in [4.69, 9.17) is 0 Å². The second-order valence-electron chi connectivity index (χ2n) is 12.1. The molecule has 9 atom stereocenters. The van der Waals surface area contributed by atoms with E-state index in [9.17, 15) is 0 Å². The predicted molar refractivity (Wildman–Crippen MR) is 134 cm³/mol. The van der Waals surface area contributed by atoms with E-state index >= 15 is 0 Å². The zero-order valence-electron chi connectivity index (χ0n) is 21.7. The molecule has 0 heteroatoms. The molecule has 3 aliphatic carbocycles. The predicted octanol–water partition coefficient (Wildman–Crippen LogP) is 9.77. The van der Waals surface area contributed by atoms with Crippen LogP contribution >= 0.6 is 0 Å². The van der Waals surface area contributed by atoms with E-state index in [2.05, 4.69) is 41.5 Å². The lowest BCUT2D eigenvalue weighted by Crippen LogP contribution is -2.26. The number of rotatable bonds is 6. The van der Waals surface area contributed by atoms with Crippen LogP contribution < -0.4 is 0 Å². The maximum absolute atomic E-state index is 2.64. The van der Waals surface area contributed by atoms with Gasteiger partial charge in [0.2, 0.25) is 0 Å². The van der Waals surface area contributed by atoms with Crippen LogP contribution in [0.15, 0.2) is 0 Å². The minimum atomic E-state index is 0.952. The highest BCUT2D eigenvalue weighted by molar-refractivity contribution is 5.03. The highest BCUT2D eigenvalue weighted by atomic mass is 14.6. The molecule has 3 rings (SSSR count). The molecule has 176 valence electrons. The van der Waals surface area contributed by atoms with E-state index in [0.717, 1.165) is 59.2 Å². The van der Waals surface area contributed by atoms with Gasteiger partial charge in [-0.25, -0.2) is 0 Å². The molecule has 30 heavy (non-hydrogen) atoms. The Morgan fingerprint density at radius 3 is 2.00 bits per heavy atom. The zero-order valence-corrected chi connectivity index (χ0v) is 21.7. The summed E-state index contributed by atoms with van der Waals surface area (Å²) in [7, 11) is 0. The highest BCUT2D eigenvalue weighted by Gasteiger charge is 2.54. The van der Waals surface area contributed by atoms with Gasteiger partial charge in [-0.3, -0.25) is 0 Å². The van der Waals surface area contributed by atoms with Gasteiger partial charge in [-0.05, 0) is 78.4 Å². The van der Waals surface area contributed by atoms with Gasteiger partial charge in [0.25, 0.3) is 0 Å². The van der Waals surface area contributed by atoms with Gasteiger partial charge in [-0.2, -0.15) is 0 Å². The van der Waals surface area contributed by atoms with E-state index in [1.165, 1.54) is 70.6 Å². The maximum atomic E-state index is 2.64. The van der Waals surface area contributed by atoms with Crippen molar-refractivity contribution in [3.05, 3.63) is 0 Å². The van der Waals surface area contributed by atoms with Gasteiger partial charge in [0.05, 0.1) is 0 Å². The Labute approximate surface area is 190 Å². The Bertz CT molecular complexity index is 476. The van der Waals surface area contributed by atoms with Gasteiger partial charge < -0.3 is 0 Å². The van der Waals surface area contributed by atoms with E-state index in [1.807, 2.05) is 0 Å². The van der Waals surface area contributed by atoms with E-state index in [1.54, 1.807) is 19.3 Å². The Hall–Kier alpha value is 0. The molecule has 0 aromatic heterocycles. The van der Waals surface area contributed by atoms with Crippen molar-refractivity contribution in [1.82, 2.24) is 0 Å². The fourth-order valence-corrected chi connectivity index (χ4v) is 8.62. The minimum absolute atomic E-state index is 0.952. The lowest BCUT2D eigenvalue weighted by atomic mass is 9.69. The molecular weight excluding hydrogens is 360 g/mol. The second kappa shape index (κ2) is 11.7. The normalized spacial score (nSPS) is 41.7. The molecule has 0 spiro atoms. The number of hydrogen-bond donors (Lipinski definition) is 0. The summed E-state index contributed by atoms with van der Waals surface area (Å²) >= 11 is 0. The summed E-state index contributed by atoms with van der Waals surface area (Å²) in [5, 5.41) is 0. The molecule has 0 heterocycles. The minimum Gasteiger partial charge on any atom is -0.0651 e. The molecule has 0 nitrogen and oxygen atoms in total. The van der Waals surface area contributed by atoms with Crippen molar-refractivity contribution >= 4 is 0 Å². The van der Waals surface area contributed by atoms with Gasteiger partial charge in [0.15, 0.2) is 0 Å². The van der Waals surface area contributed by atoms with Crippen molar-refractivity contribution in [2.75, 3.05) is 0 Å². The number of hydrogen-bond acceptors (Lipinski definition) is 0. The second-order valence-corrected chi connectivity index (χ2v) is 12.1. The summed E-state index contributed by atoms with van der Waals surface area (Å²) in [6, 6.07) is 0. The third-order valence-corrected chi connectivity index (χ3v) is 10.9. The summed E-state index contributed by atoms with van der Waals surface area (Å²) in [6.45, 7) is 15.1. The first-order chi connectivity index (χ1) is 14.5. The Kier molecular flexibility index (Phi) is 9.65. The average Bonchev–Trinajstić information content (AvgIpc) is 3.47. The van der Waals surface area contributed by atoms with Gasteiger partial charge in [0, 0.05) is 0 Å². The first-order valence-corrected chi connectivity index (χ1v) is 14.5. The standard InChI is InChI=1S/C30H56/c1-7-21(5)29-28-19-18-26-17-13-16-25(22(26)6)14-11-12-15-27(23(8-2)9-3)20-24(10-4)30(28)29/h21-30H,7-20H2,1-6H3. The lowest BCUT2D eigenvalue weighted by Gasteiger charge is -2.37. The molecule has 0 N–H and O–H groups in total. The van der Waals surface area contributed by atoms with Crippen molar-refractivity contribution in [2.45, 2.75) is 131 Å². The van der Waals surface area contributed by atoms with Crippen molar-refractivity contribution in [3.8, 4) is 0 Å². The lowest BCUT2D eigenvalue weighted by molar-refractivity contribution is 0.139. The first kappa shape index (κ1) is 24.6. The fourth-order valence-electron chi connectivity index (χ4n) is 8.62. The number of fused-ring (bicyclic) bond motifs is 3. The molecule has 0 amide bonds. The molecule has 0 aliphatic heterocycles. The first-order valence-electron chi connectivity index (χ1n) is 14.5. The van der Waals surface area contributed by atoms with Crippen LogP contribution in [0.4, 0.5) is 0 Å². The van der Waals surface area contributed by atoms with E-state index in [0.29, 0.717) is 0 Å². The monoisotopic (exact) mass is 416 g/mol. The molecule has 3 aliphatic rings. The third-order valence-electron chi connectivity index (χ3n) is 10.9. The average molecular weight is 417 g/mol. The molecule has 2 bridgehead atoms. The molecule has 3 fully saturated rings. The Balaban J connectivity index is 1.78. The van der Waals surface area contributed by atoms with E-state index < -0.39 is 0 Å². The zero-order chi connectivity index (χ0) is 21.7. The van der Waals surface area contributed by atoms with E-state index in [-0.39, 0.29) is 0 Å². The molecule has 0 aromatic carbocycles. The summed E-state index contributed by atoms with van der Waals surface area (Å²) in [6.07, 6.45) is 21.0. The van der Waals surface area contributed by atoms with Crippen LogP contribution in [0.5, 0.6) is 0 Å². The van der Waals surface area contributed by atoms with Crippen LogP contribution in [0.25, 0.3) is 0 Å². The van der Waals surface area contributed by atoms with Crippen molar-refractivity contribution in [2.24, 2.45) is 59.2 Å². The SMILES string of the molecule is CCC(C)C1C2CCC3CCCC(CCCCC(C(CC)CC)CC(CC)C21)C3C. The molecular formula is C30H56. The van der Waals surface area contributed by atoms with Crippen LogP contribution in [-0.4, -0.2) is 0 Å². The maximum Gasteiger partial charge on any atom is -0.0321 e. The smallest absolute Gasteiger partial charge is 0.0321 e. The van der Waals surface area contributed by atoms with Crippen LogP contribution in [0, 0.1) is 59.2 Å². The van der Waals surface area contributed by atoms with Crippen LogP contribution in [0.2, 0.25) is 0 Å². The highest BCUT2D eigenvalue weighted by Crippen LogP contribution is 2.61. The Morgan fingerprint density at radius 2 is 1.37 bits per heavy atom. The summed E-state index contributed by atoms with van der Waals surface area (Å²) in [5.74, 6) is 10.2. The molecule has 0 radical (unpaired) electrons. The Morgan fingerprint density at radius 1 is 0.733 bits per heavy atom. The van der Waals surface area contributed by atoms with Crippen molar-refractivity contribution < 1.29 is 0 Å². The van der Waals surface area contributed by atoms with Crippen LogP contribution in [0.1, 0.15) is 131 Å². The topological polar surface area (TPSA) is 0 Å². The van der Waals surface area contributed by atoms with Crippen LogP contribution in [0.3, 0.4) is 0 Å². The molecule has 9 unspecified atom stereocenters. The van der Waals surface area contributed by atoms with Crippen molar-refractivity contribution in [1.29, 1.82) is 0 Å².